The Bertz CT molecular complexity index is 407. The SMILES string of the molecule is COc1cc(F)c(CC=N)cc1[N+](=O)[O-]. The lowest BCUT2D eigenvalue weighted by Gasteiger charge is -2.04. The smallest absolute Gasteiger partial charge is 0.311 e. The van der Waals surface area contributed by atoms with Crippen LogP contribution in [-0.2, 0) is 6.42 Å². The van der Waals surface area contributed by atoms with Crippen molar-refractivity contribution in [3.05, 3.63) is 33.6 Å². The van der Waals surface area contributed by atoms with Crippen molar-refractivity contribution in [2.45, 2.75) is 6.42 Å². The fourth-order valence-corrected chi connectivity index (χ4v) is 1.16. The highest BCUT2D eigenvalue weighted by atomic mass is 19.1. The number of hydrogen-bond donors (Lipinski definition) is 1. The summed E-state index contributed by atoms with van der Waals surface area (Å²) in [6, 6.07) is 2.04. The molecule has 15 heavy (non-hydrogen) atoms. The van der Waals surface area contributed by atoms with Crippen LogP contribution in [0.1, 0.15) is 5.56 Å². The van der Waals surface area contributed by atoms with Crippen LogP contribution in [0.4, 0.5) is 10.1 Å². The summed E-state index contributed by atoms with van der Waals surface area (Å²) >= 11 is 0. The van der Waals surface area contributed by atoms with Gasteiger partial charge in [-0.3, -0.25) is 10.1 Å². The molecular weight excluding hydrogens is 203 g/mol. The first-order chi connectivity index (χ1) is 7.10. The summed E-state index contributed by atoms with van der Waals surface area (Å²) in [6.45, 7) is 0. The predicted molar refractivity (Wildman–Crippen MR) is 52.1 cm³/mol. The van der Waals surface area contributed by atoms with Crippen LogP contribution in [0.5, 0.6) is 5.75 Å². The third-order valence-corrected chi connectivity index (χ3v) is 1.87. The van der Waals surface area contributed by atoms with Gasteiger partial charge in [-0.1, -0.05) is 0 Å². The van der Waals surface area contributed by atoms with E-state index >= 15 is 0 Å². The van der Waals surface area contributed by atoms with Gasteiger partial charge in [0.05, 0.1) is 12.0 Å². The Morgan fingerprint density at radius 3 is 2.80 bits per heavy atom. The van der Waals surface area contributed by atoms with Gasteiger partial charge in [-0.25, -0.2) is 4.39 Å². The zero-order chi connectivity index (χ0) is 11.4. The van der Waals surface area contributed by atoms with E-state index in [1.165, 1.54) is 7.11 Å². The van der Waals surface area contributed by atoms with Crippen molar-refractivity contribution in [1.82, 2.24) is 0 Å². The van der Waals surface area contributed by atoms with Crippen molar-refractivity contribution in [2.75, 3.05) is 7.11 Å². The molecule has 0 heterocycles. The molecule has 0 bridgehead atoms. The molecule has 1 N–H and O–H groups in total. The Kier molecular flexibility index (Phi) is 3.33. The molecule has 0 atom stereocenters. The molecule has 0 aliphatic heterocycles. The van der Waals surface area contributed by atoms with E-state index in [-0.39, 0.29) is 23.4 Å². The summed E-state index contributed by atoms with van der Waals surface area (Å²) in [5.74, 6) is -0.729. The van der Waals surface area contributed by atoms with E-state index in [0.717, 1.165) is 18.3 Å². The van der Waals surface area contributed by atoms with Crippen LogP contribution in [0.2, 0.25) is 0 Å². The maximum absolute atomic E-state index is 13.3. The maximum atomic E-state index is 13.3. The van der Waals surface area contributed by atoms with E-state index in [0.29, 0.717) is 0 Å². The van der Waals surface area contributed by atoms with Crippen molar-refractivity contribution in [1.29, 1.82) is 5.41 Å². The molecule has 0 aliphatic carbocycles. The van der Waals surface area contributed by atoms with E-state index in [1.54, 1.807) is 0 Å². The van der Waals surface area contributed by atoms with Gasteiger partial charge in [-0.15, -0.1) is 0 Å². The molecular formula is C9H9FN2O3. The van der Waals surface area contributed by atoms with Crippen molar-refractivity contribution < 1.29 is 14.1 Å². The Morgan fingerprint density at radius 2 is 2.33 bits per heavy atom. The number of nitro benzene ring substituents is 1. The molecule has 0 fully saturated rings. The van der Waals surface area contributed by atoms with Gasteiger partial charge in [0, 0.05) is 24.1 Å². The Balaban J connectivity index is 3.29. The van der Waals surface area contributed by atoms with Gasteiger partial charge in [0.15, 0.2) is 5.75 Å². The molecule has 0 spiro atoms. The Labute approximate surface area is 85.1 Å². The van der Waals surface area contributed by atoms with Gasteiger partial charge in [-0.05, 0) is 6.21 Å². The minimum Gasteiger partial charge on any atom is -0.490 e. The summed E-state index contributed by atoms with van der Waals surface area (Å²) in [6.07, 6.45) is 1.01. The summed E-state index contributed by atoms with van der Waals surface area (Å²) in [5, 5.41) is 17.4. The number of nitrogens with zero attached hydrogens (tertiary/aromatic N) is 1. The highest BCUT2D eigenvalue weighted by molar-refractivity contribution is 5.60. The number of methoxy groups -OCH3 is 1. The Morgan fingerprint density at radius 1 is 1.67 bits per heavy atom. The van der Waals surface area contributed by atoms with Crippen molar-refractivity contribution in [3.8, 4) is 5.75 Å². The van der Waals surface area contributed by atoms with Crippen LogP contribution in [0.25, 0.3) is 0 Å². The summed E-state index contributed by atoms with van der Waals surface area (Å²) in [5.41, 5.74) is -0.187. The predicted octanol–water partition coefficient (Wildman–Crippen LogP) is 1.93. The number of hydrogen-bond acceptors (Lipinski definition) is 4. The number of nitrogens with one attached hydrogen (secondary N) is 1. The standard InChI is InChI=1S/C9H9FN2O3/c1-15-9-5-7(10)6(2-3-11)4-8(9)12(13)14/h3-5,11H,2H2,1H3. The molecule has 0 saturated heterocycles. The van der Waals surface area contributed by atoms with Crippen LogP contribution in [0.15, 0.2) is 12.1 Å². The number of benzene rings is 1. The van der Waals surface area contributed by atoms with Crippen LogP contribution in [-0.4, -0.2) is 18.2 Å². The molecule has 0 unspecified atom stereocenters. The Hall–Kier alpha value is -1.98. The lowest BCUT2D eigenvalue weighted by atomic mass is 10.1. The summed E-state index contributed by atoms with van der Waals surface area (Å²) in [4.78, 5) is 9.95. The molecule has 1 aromatic carbocycles. The van der Waals surface area contributed by atoms with Gasteiger partial charge in [0.25, 0.3) is 0 Å². The molecule has 80 valence electrons. The second-order valence-corrected chi connectivity index (χ2v) is 2.78. The molecule has 0 amide bonds. The van der Waals surface area contributed by atoms with Crippen molar-refractivity contribution in [2.24, 2.45) is 0 Å². The molecule has 1 rings (SSSR count). The first-order valence-electron chi connectivity index (χ1n) is 4.10. The lowest BCUT2D eigenvalue weighted by Crippen LogP contribution is -1.99. The quantitative estimate of drug-likeness (QED) is 0.470. The van der Waals surface area contributed by atoms with Gasteiger partial charge < -0.3 is 10.1 Å². The third-order valence-electron chi connectivity index (χ3n) is 1.87. The molecule has 6 heteroatoms. The second kappa shape index (κ2) is 4.50. The van der Waals surface area contributed by atoms with Crippen molar-refractivity contribution in [3.63, 3.8) is 0 Å². The zero-order valence-electron chi connectivity index (χ0n) is 7.99. The fraction of sp³-hybridized carbons (Fsp3) is 0.222. The van der Waals surface area contributed by atoms with Gasteiger partial charge in [0.2, 0.25) is 0 Å². The average Bonchev–Trinajstić information content (AvgIpc) is 2.20. The number of rotatable bonds is 4. The van der Waals surface area contributed by atoms with E-state index < -0.39 is 10.7 Å². The number of halogens is 1. The highest BCUT2D eigenvalue weighted by Crippen LogP contribution is 2.29. The van der Waals surface area contributed by atoms with Gasteiger partial charge in [-0.2, -0.15) is 0 Å². The van der Waals surface area contributed by atoms with E-state index in [4.69, 9.17) is 5.41 Å². The summed E-state index contributed by atoms with van der Waals surface area (Å²) < 4.78 is 17.9. The monoisotopic (exact) mass is 212 g/mol. The van der Waals surface area contributed by atoms with Gasteiger partial charge in [0.1, 0.15) is 5.82 Å². The average molecular weight is 212 g/mol. The van der Waals surface area contributed by atoms with E-state index in [9.17, 15) is 14.5 Å². The first kappa shape index (κ1) is 11.1. The molecule has 0 radical (unpaired) electrons. The lowest BCUT2D eigenvalue weighted by molar-refractivity contribution is -0.385. The normalized spacial score (nSPS) is 9.73. The number of ether oxygens (including phenoxy) is 1. The zero-order valence-corrected chi connectivity index (χ0v) is 7.99. The molecule has 0 aromatic heterocycles. The van der Waals surface area contributed by atoms with Gasteiger partial charge >= 0.3 is 5.69 Å². The molecule has 1 aromatic rings. The van der Waals surface area contributed by atoms with E-state index in [2.05, 4.69) is 4.74 Å². The van der Waals surface area contributed by atoms with Crippen LogP contribution in [0.3, 0.4) is 0 Å². The number of nitro groups is 1. The molecule has 5 nitrogen and oxygen atoms in total. The highest BCUT2D eigenvalue weighted by Gasteiger charge is 2.18. The third kappa shape index (κ3) is 2.28. The fourth-order valence-electron chi connectivity index (χ4n) is 1.16. The first-order valence-corrected chi connectivity index (χ1v) is 4.10. The topological polar surface area (TPSA) is 76.2 Å². The summed E-state index contributed by atoms with van der Waals surface area (Å²) in [7, 11) is 1.23. The largest absolute Gasteiger partial charge is 0.490 e. The van der Waals surface area contributed by atoms with Crippen LogP contribution >= 0.6 is 0 Å². The molecule has 0 aliphatic rings. The van der Waals surface area contributed by atoms with Crippen molar-refractivity contribution >= 4 is 11.9 Å². The minimum absolute atomic E-state index is 0.0245. The van der Waals surface area contributed by atoms with Crippen LogP contribution < -0.4 is 4.74 Å². The maximum Gasteiger partial charge on any atom is 0.311 e. The molecule has 0 saturated carbocycles. The minimum atomic E-state index is -0.647. The second-order valence-electron chi connectivity index (χ2n) is 2.78. The van der Waals surface area contributed by atoms with Crippen LogP contribution in [0, 0.1) is 21.3 Å². The van der Waals surface area contributed by atoms with E-state index in [1.807, 2.05) is 0 Å².